The van der Waals surface area contributed by atoms with Crippen LogP contribution in [0, 0.1) is 5.92 Å². The maximum Gasteiger partial charge on any atom is 0.274 e. The highest BCUT2D eigenvalue weighted by molar-refractivity contribution is 7.80. The van der Waals surface area contributed by atoms with Gasteiger partial charge < -0.3 is 20.1 Å². The highest BCUT2D eigenvalue weighted by Gasteiger charge is 2.33. The first-order valence-electron chi connectivity index (χ1n) is 9.60. The van der Waals surface area contributed by atoms with Crippen LogP contribution in [0.4, 0.5) is 5.69 Å². The Labute approximate surface area is 154 Å². The third-order valence-corrected chi connectivity index (χ3v) is 6.20. The first kappa shape index (κ1) is 17.0. The fourth-order valence-electron chi connectivity index (χ4n) is 4.87. The van der Waals surface area contributed by atoms with Crippen molar-refractivity contribution < 1.29 is 0 Å². The number of hydrogen-bond acceptors (Lipinski definition) is 3. The molecule has 3 aliphatic rings. The van der Waals surface area contributed by atoms with E-state index in [0.29, 0.717) is 28.7 Å². The Morgan fingerprint density at radius 2 is 1.96 bits per heavy atom. The first-order valence-corrected chi connectivity index (χ1v) is 10.0. The average molecular weight is 361 g/mol. The van der Waals surface area contributed by atoms with Crippen LogP contribution in [-0.2, 0) is 6.54 Å². The summed E-state index contributed by atoms with van der Waals surface area (Å²) >= 11 is 5.45. The van der Waals surface area contributed by atoms with Gasteiger partial charge in [-0.3, -0.25) is 4.79 Å². The van der Waals surface area contributed by atoms with Crippen molar-refractivity contribution in [3.63, 3.8) is 0 Å². The molecule has 0 unspecified atom stereocenters. The number of piperidine rings is 1. The van der Waals surface area contributed by atoms with Gasteiger partial charge in [0.05, 0.1) is 0 Å². The highest BCUT2D eigenvalue weighted by Crippen LogP contribution is 2.34. The fourth-order valence-corrected chi connectivity index (χ4v) is 5.15. The summed E-state index contributed by atoms with van der Waals surface area (Å²) in [6.07, 6.45) is 7.39. The van der Waals surface area contributed by atoms with Gasteiger partial charge in [-0.1, -0.05) is 19.3 Å². The van der Waals surface area contributed by atoms with E-state index in [1.807, 2.05) is 10.6 Å². The van der Waals surface area contributed by atoms with Gasteiger partial charge in [0.25, 0.3) is 5.56 Å². The van der Waals surface area contributed by atoms with Crippen LogP contribution in [0.2, 0.25) is 0 Å². The maximum atomic E-state index is 13.0. The maximum absolute atomic E-state index is 13.0. The molecule has 6 heteroatoms. The quantitative estimate of drug-likeness (QED) is 0.794. The molecule has 2 fully saturated rings. The molecule has 5 nitrogen and oxygen atoms in total. The third-order valence-electron chi connectivity index (χ3n) is 5.98. The second-order valence-corrected chi connectivity index (χ2v) is 8.45. The minimum absolute atomic E-state index is 0.0737. The topological polar surface area (TPSA) is 49.3 Å². The molecule has 1 aromatic heterocycles. The summed E-state index contributed by atoms with van der Waals surface area (Å²) in [6.45, 7) is 2.96. The van der Waals surface area contributed by atoms with Crippen molar-refractivity contribution in [2.24, 2.45) is 5.92 Å². The van der Waals surface area contributed by atoms with Gasteiger partial charge in [0.1, 0.15) is 5.69 Å². The molecule has 2 N–H and O–H groups in total. The van der Waals surface area contributed by atoms with Crippen molar-refractivity contribution in [3.8, 4) is 0 Å². The van der Waals surface area contributed by atoms with E-state index >= 15 is 0 Å². The SMILES string of the molecule is CN1C[C@@H]2C[C@H](C1)c1ccc(NC(=S)NC3CCCCC3)c(=O)n1C2. The molecule has 1 aliphatic carbocycles. The molecule has 0 spiro atoms. The van der Waals surface area contributed by atoms with E-state index in [2.05, 4.69) is 28.6 Å². The number of nitrogens with zero attached hydrogens (tertiary/aromatic N) is 2. The third kappa shape index (κ3) is 3.60. The molecule has 0 aromatic carbocycles. The van der Waals surface area contributed by atoms with Gasteiger partial charge in [-0.05, 0) is 56.6 Å². The number of likely N-dealkylation sites (tertiary alicyclic amines) is 1. The number of thiocarbonyl (C=S) groups is 1. The van der Waals surface area contributed by atoms with E-state index in [1.165, 1.54) is 44.2 Å². The van der Waals surface area contributed by atoms with Gasteiger partial charge in [0, 0.05) is 37.3 Å². The summed E-state index contributed by atoms with van der Waals surface area (Å²) < 4.78 is 1.98. The minimum atomic E-state index is 0.0737. The molecule has 0 amide bonds. The Kier molecular flexibility index (Phi) is 4.82. The summed E-state index contributed by atoms with van der Waals surface area (Å²) in [4.78, 5) is 15.3. The van der Waals surface area contributed by atoms with Crippen LogP contribution >= 0.6 is 12.2 Å². The Morgan fingerprint density at radius 3 is 2.76 bits per heavy atom. The van der Waals surface area contributed by atoms with Crippen LogP contribution in [0.1, 0.15) is 50.1 Å². The summed E-state index contributed by atoms with van der Waals surface area (Å²) in [7, 11) is 2.18. The van der Waals surface area contributed by atoms with Crippen LogP contribution in [0.3, 0.4) is 0 Å². The normalized spacial score (nSPS) is 26.8. The van der Waals surface area contributed by atoms with E-state index in [9.17, 15) is 4.79 Å². The molecule has 2 bridgehead atoms. The highest BCUT2D eigenvalue weighted by atomic mass is 32.1. The Hall–Kier alpha value is -1.40. The molecule has 1 saturated heterocycles. The van der Waals surface area contributed by atoms with E-state index in [0.717, 1.165) is 19.6 Å². The van der Waals surface area contributed by atoms with E-state index in [1.54, 1.807) is 0 Å². The van der Waals surface area contributed by atoms with E-state index in [4.69, 9.17) is 12.2 Å². The zero-order valence-electron chi connectivity index (χ0n) is 15.0. The molecule has 1 saturated carbocycles. The Balaban J connectivity index is 1.49. The molecule has 0 radical (unpaired) electrons. The first-order chi connectivity index (χ1) is 12.1. The van der Waals surface area contributed by atoms with Crippen LogP contribution in [0.25, 0.3) is 0 Å². The standard InChI is InChI=1S/C19H28N4OS/c1-22-10-13-9-14(12-22)17-8-7-16(18(24)23(17)11-13)21-19(25)20-15-5-3-2-4-6-15/h7-8,13-15H,2-6,9-12H2,1H3,(H2,20,21,25)/t13-,14+/m0/s1. The fraction of sp³-hybridized carbons (Fsp3) is 0.684. The lowest BCUT2D eigenvalue weighted by Gasteiger charge is -2.41. The van der Waals surface area contributed by atoms with E-state index < -0.39 is 0 Å². The van der Waals surface area contributed by atoms with Crippen molar-refractivity contribution in [2.75, 3.05) is 25.5 Å². The molecule has 3 heterocycles. The van der Waals surface area contributed by atoms with Gasteiger partial charge in [-0.25, -0.2) is 0 Å². The molecule has 136 valence electrons. The van der Waals surface area contributed by atoms with Crippen molar-refractivity contribution in [1.82, 2.24) is 14.8 Å². The second-order valence-electron chi connectivity index (χ2n) is 8.04. The summed E-state index contributed by atoms with van der Waals surface area (Å²) in [6, 6.07) is 4.48. The lowest BCUT2D eigenvalue weighted by molar-refractivity contribution is 0.145. The number of nitrogens with one attached hydrogen (secondary N) is 2. The molecule has 2 atom stereocenters. The summed E-state index contributed by atoms with van der Waals surface area (Å²) in [5.41, 5.74) is 1.86. The van der Waals surface area contributed by atoms with Crippen molar-refractivity contribution in [3.05, 3.63) is 28.2 Å². The van der Waals surface area contributed by atoms with E-state index in [-0.39, 0.29) is 5.56 Å². The minimum Gasteiger partial charge on any atom is -0.360 e. The smallest absolute Gasteiger partial charge is 0.274 e. The molecule has 2 aliphatic heterocycles. The van der Waals surface area contributed by atoms with Gasteiger partial charge in [0.2, 0.25) is 0 Å². The number of anilines is 1. The zero-order valence-corrected chi connectivity index (χ0v) is 15.8. The number of pyridine rings is 1. The van der Waals surface area contributed by atoms with Crippen molar-refractivity contribution in [1.29, 1.82) is 0 Å². The average Bonchev–Trinajstić information content (AvgIpc) is 2.58. The lowest BCUT2D eigenvalue weighted by Crippen LogP contribution is -2.46. The van der Waals surface area contributed by atoms with Gasteiger partial charge in [-0.2, -0.15) is 0 Å². The van der Waals surface area contributed by atoms with Crippen molar-refractivity contribution >= 4 is 23.0 Å². The Morgan fingerprint density at radius 1 is 1.16 bits per heavy atom. The lowest BCUT2D eigenvalue weighted by atomic mass is 9.83. The molecule has 4 rings (SSSR count). The van der Waals surface area contributed by atoms with Gasteiger partial charge in [0.15, 0.2) is 5.11 Å². The monoisotopic (exact) mass is 360 g/mol. The summed E-state index contributed by atoms with van der Waals surface area (Å²) in [5, 5.41) is 7.13. The zero-order chi connectivity index (χ0) is 17.4. The predicted octanol–water partition coefficient (Wildman–Crippen LogP) is 2.52. The van der Waals surface area contributed by atoms with Crippen molar-refractivity contribution in [2.45, 2.75) is 57.0 Å². The number of rotatable bonds is 2. The largest absolute Gasteiger partial charge is 0.360 e. The molecule has 25 heavy (non-hydrogen) atoms. The number of hydrogen-bond donors (Lipinski definition) is 2. The second kappa shape index (κ2) is 7.08. The molecular formula is C19H28N4OS. The van der Waals surface area contributed by atoms with Gasteiger partial charge >= 0.3 is 0 Å². The number of fused-ring (bicyclic) bond motifs is 4. The van der Waals surface area contributed by atoms with Crippen LogP contribution in [0.15, 0.2) is 16.9 Å². The predicted molar refractivity (Wildman–Crippen MR) is 105 cm³/mol. The molecule has 1 aromatic rings. The summed E-state index contributed by atoms with van der Waals surface area (Å²) in [5.74, 6) is 1.06. The molecular weight excluding hydrogens is 332 g/mol. The van der Waals surface area contributed by atoms with Gasteiger partial charge in [-0.15, -0.1) is 0 Å². The van der Waals surface area contributed by atoms with Crippen LogP contribution < -0.4 is 16.2 Å². The van der Waals surface area contributed by atoms with Crippen LogP contribution in [-0.4, -0.2) is 40.8 Å². The number of likely N-dealkylation sites (N-methyl/N-ethyl adjacent to an activating group) is 1. The van der Waals surface area contributed by atoms with Crippen LogP contribution in [0.5, 0.6) is 0 Å². The number of aromatic nitrogens is 1. The Bertz CT molecular complexity index is 710.